The van der Waals surface area contributed by atoms with E-state index in [-0.39, 0.29) is 19.0 Å². The predicted octanol–water partition coefficient (Wildman–Crippen LogP) is 2.50. The zero-order chi connectivity index (χ0) is 20.0. The molecule has 27 heavy (non-hydrogen) atoms. The van der Waals surface area contributed by atoms with Gasteiger partial charge in [0.25, 0.3) is 5.91 Å². The Morgan fingerprint density at radius 3 is 2.67 bits per heavy atom. The van der Waals surface area contributed by atoms with Crippen molar-refractivity contribution in [3.05, 3.63) is 47.3 Å². The normalized spacial score (nSPS) is 19.1. The summed E-state index contributed by atoms with van der Waals surface area (Å²) in [6.45, 7) is 2.12. The molecule has 0 fully saturated rings. The number of nitrogens with zero attached hydrogens (tertiary/aromatic N) is 4. The minimum Gasteiger partial charge on any atom is -0.373 e. The first kappa shape index (κ1) is 18.9. The van der Waals surface area contributed by atoms with Crippen molar-refractivity contribution in [3.63, 3.8) is 0 Å². The molecule has 9 heteroatoms. The minimum absolute atomic E-state index is 0.00151. The Hall–Kier alpha value is -2.86. The summed E-state index contributed by atoms with van der Waals surface area (Å²) in [5, 5.41) is 23.2. The van der Waals surface area contributed by atoms with Crippen LogP contribution in [0.15, 0.2) is 30.5 Å². The Balaban J connectivity index is 1.97. The minimum atomic E-state index is -5.07. The number of hydrogen-bond donors (Lipinski definition) is 1. The number of carbonyl (C=O) groups excluding carboxylic acids is 1. The maximum Gasteiger partial charge on any atom is 0.426 e. The van der Waals surface area contributed by atoms with Crippen LogP contribution in [0.2, 0.25) is 0 Å². The second-order valence-corrected chi connectivity index (χ2v) is 6.75. The molecule has 0 saturated carbocycles. The molecular formula is C18H17F3N4O2. The molecule has 0 saturated heterocycles. The number of nitriles is 1. The number of rotatable bonds is 2. The number of para-hydroxylation sites is 1. The standard InChI is InChI=1S/C18H17F3N4O2/c1-11-9-24(16(26)17(2,27)18(19,20)21)10-13-8-23-25(15(11)13)14-6-4-3-5-12(14)7-22/h3-6,8,11,27H,9-10H2,1-2H3. The average molecular weight is 378 g/mol. The molecule has 1 aliphatic rings. The van der Waals surface area contributed by atoms with Gasteiger partial charge in [0.2, 0.25) is 5.60 Å². The fourth-order valence-corrected chi connectivity index (χ4v) is 3.25. The van der Waals surface area contributed by atoms with Gasteiger partial charge < -0.3 is 10.0 Å². The van der Waals surface area contributed by atoms with E-state index < -0.39 is 17.7 Å². The molecule has 2 aromatic rings. The zero-order valence-corrected chi connectivity index (χ0v) is 14.7. The van der Waals surface area contributed by atoms with Crippen LogP contribution < -0.4 is 0 Å². The molecule has 0 aliphatic carbocycles. The maximum absolute atomic E-state index is 13.0. The first-order chi connectivity index (χ1) is 12.6. The lowest BCUT2D eigenvalue weighted by Gasteiger charge is -2.36. The van der Waals surface area contributed by atoms with Crippen LogP contribution in [0, 0.1) is 11.3 Å². The Morgan fingerprint density at radius 2 is 2.04 bits per heavy atom. The molecule has 0 spiro atoms. The predicted molar refractivity (Wildman–Crippen MR) is 88.8 cm³/mol. The van der Waals surface area contributed by atoms with Crippen molar-refractivity contribution < 1.29 is 23.1 Å². The lowest BCUT2D eigenvalue weighted by Crippen LogP contribution is -2.57. The second-order valence-electron chi connectivity index (χ2n) is 6.75. The Labute approximate surface area is 153 Å². The van der Waals surface area contributed by atoms with E-state index in [2.05, 4.69) is 11.2 Å². The third-order valence-electron chi connectivity index (χ3n) is 4.72. The molecule has 6 nitrogen and oxygen atoms in total. The van der Waals surface area contributed by atoms with Gasteiger partial charge in [-0.15, -0.1) is 0 Å². The SMILES string of the molecule is CC1CN(C(=O)C(C)(O)C(F)(F)F)Cc2cnn(-c3ccccc3C#N)c21. The largest absolute Gasteiger partial charge is 0.426 e. The fourth-order valence-electron chi connectivity index (χ4n) is 3.25. The summed E-state index contributed by atoms with van der Waals surface area (Å²) < 4.78 is 40.6. The summed E-state index contributed by atoms with van der Waals surface area (Å²) in [6.07, 6.45) is -3.59. The molecular weight excluding hydrogens is 361 g/mol. The van der Waals surface area contributed by atoms with Gasteiger partial charge in [-0.3, -0.25) is 4.79 Å². The highest BCUT2D eigenvalue weighted by atomic mass is 19.4. The van der Waals surface area contributed by atoms with E-state index in [4.69, 9.17) is 0 Å². The fraction of sp³-hybridized carbons (Fsp3) is 0.389. The zero-order valence-electron chi connectivity index (χ0n) is 14.7. The molecule has 1 aliphatic heterocycles. The van der Waals surface area contributed by atoms with Gasteiger partial charge in [-0.05, 0) is 19.1 Å². The topological polar surface area (TPSA) is 82.2 Å². The third kappa shape index (κ3) is 3.06. The molecule has 0 bridgehead atoms. The maximum atomic E-state index is 13.0. The molecule has 142 valence electrons. The first-order valence-electron chi connectivity index (χ1n) is 8.22. The number of hydrogen-bond acceptors (Lipinski definition) is 4. The summed E-state index contributed by atoms with van der Waals surface area (Å²) in [4.78, 5) is 13.3. The van der Waals surface area contributed by atoms with Gasteiger partial charge in [-0.1, -0.05) is 19.1 Å². The van der Waals surface area contributed by atoms with Crippen LogP contribution >= 0.6 is 0 Å². The van der Waals surface area contributed by atoms with E-state index in [0.29, 0.717) is 23.7 Å². The van der Waals surface area contributed by atoms with Gasteiger partial charge in [0.1, 0.15) is 6.07 Å². The van der Waals surface area contributed by atoms with Gasteiger partial charge in [0.05, 0.1) is 23.1 Å². The molecule has 0 radical (unpaired) electrons. The first-order valence-corrected chi connectivity index (χ1v) is 8.22. The molecule has 2 atom stereocenters. The van der Waals surface area contributed by atoms with E-state index in [1.807, 2.05) is 0 Å². The van der Waals surface area contributed by atoms with Crippen LogP contribution in [0.1, 0.15) is 36.6 Å². The summed E-state index contributed by atoms with van der Waals surface area (Å²) in [5.74, 6) is -1.73. The second kappa shape index (κ2) is 6.39. The summed E-state index contributed by atoms with van der Waals surface area (Å²) in [6, 6.07) is 8.94. The lowest BCUT2D eigenvalue weighted by molar-refractivity contribution is -0.250. The van der Waals surface area contributed by atoms with Gasteiger partial charge in [0, 0.05) is 24.6 Å². The summed E-state index contributed by atoms with van der Waals surface area (Å²) >= 11 is 0. The molecule has 2 unspecified atom stereocenters. The molecule has 1 aromatic carbocycles. The van der Waals surface area contributed by atoms with Gasteiger partial charge >= 0.3 is 6.18 Å². The Bertz CT molecular complexity index is 927. The smallest absolute Gasteiger partial charge is 0.373 e. The number of carbonyl (C=O) groups is 1. The van der Waals surface area contributed by atoms with Crippen molar-refractivity contribution in [1.82, 2.24) is 14.7 Å². The van der Waals surface area contributed by atoms with Crippen molar-refractivity contribution in [1.29, 1.82) is 5.26 Å². The van der Waals surface area contributed by atoms with E-state index in [0.717, 1.165) is 10.6 Å². The number of fused-ring (bicyclic) bond motifs is 1. The summed E-state index contributed by atoms with van der Waals surface area (Å²) in [7, 11) is 0. The lowest BCUT2D eigenvalue weighted by atomic mass is 9.95. The van der Waals surface area contributed by atoms with Crippen molar-refractivity contribution in [2.45, 2.75) is 38.1 Å². The number of aliphatic hydroxyl groups is 1. The highest BCUT2D eigenvalue weighted by Crippen LogP contribution is 2.36. The van der Waals surface area contributed by atoms with Crippen molar-refractivity contribution in [2.75, 3.05) is 6.54 Å². The van der Waals surface area contributed by atoms with Crippen molar-refractivity contribution >= 4 is 5.91 Å². The molecule has 1 N–H and O–H groups in total. The number of halogens is 3. The van der Waals surface area contributed by atoms with Gasteiger partial charge in [-0.2, -0.15) is 23.5 Å². The van der Waals surface area contributed by atoms with Gasteiger partial charge in [0.15, 0.2) is 0 Å². The van der Waals surface area contributed by atoms with Crippen molar-refractivity contribution in [2.24, 2.45) is 0 Å². The number of amides is 1. The Morgan fingerprint density at radius 1 is 1.37 bits per heavy atom. The van der Waals surface area contributed by atoms with Crippen LogP contribution in [0.3, 0.4) is 0 Å². The molecule has 1 aromatic heterocycles. The summed E-state index contributed by atoms with van der Waals surface area (Å²) in [5.41, 5.74) is -1.17. The Kier molecular flexibility index (Phi) is 4.48. The van der Waals surface area contributed by atoms with Crippen LogP contribution in [0.5, 0.6) is 0 Å². The average Bonchev–Trinajstić information content (AvgIpc) is 3.04. The highest BCUT2D eigenvalue weighted by Gasteiger charge is 2.57. The van der Waals surface area contributed by atoms with Crippen LogP contribution in [-0.2, 0) is 11.3 Å². The number of alkyl halides is 3. The molecule has 2 heterocycles. The van der Waals surface area contributed by atoms with Gasteiger partial charge in [-0.25, -0.2) is 4.68 Å². The highest BCUT2D eigenvalue weighted by molar-refractivity contribution is 5.85. The number of benzene rings is 1. The third-order valence-corrected chi connectivity index (χ3v) is 4.72. The van der Waals surface area contributed by atoms with E-state index in [1.54, 1.807) is 35.9 Å². The van der Waals surface area contributed by atoms with Crippen LogP contribution in [0.25, 0.3) is 5.69 Å². The quantitative estimate of drug-likeness (QED) is 0.871. The molecule has 1 amide bonds. The number of aromatic nitrogens is 2. The monoisotopic (exact) mass is 378 g/mol. The van der Waals surface area contributed by atoms with Crippen LogP contribution in [0.4, 0.5) is 13.2 Å². The molecule has 3 rings (SSSR count). The van der Waals surface area contributed by atoms with E-state index >= 15 is 0 Å². The van der Waals surface area contributed by atoms with E-state index in [9.17, 15) is 28.3 Å². The van der Waals surface area contributed by atoms with Crippen molar-refractivity contribution in [3.8, 4) is 11.8 Å². The van der Waals surface area contributed by atoms with Crippen LogP contribution in [-0.4, -0.2) is 44.0 Å². The van der Waals surface area contributed by atoms with E-state index in [1.165, 1.54) is 6.20 Å².